The number of nitrogens with two attached hydrogens (primary N) is 4. The number of unbranched alkanes of at least 4 members (excludes halogenated alkanes) is 2. The summed E-state index contributed by atoms with van der Waals surface area (Å²) in [5.74, 6) is -4.47. The first-order valence-electron chi connectivity index (χ1n) is 25.1. The topological polar surface area (TPSA) is 332 Å². The number of aldehydes is 1. The first-order valence-corrected chi connectivity index (χ1v) is 25.1. The van der Waals surface area contributed by atoms with Gasteiger partial charge in [0.2, 0.25) is 41.4 Å². The largest absolute Gasteiger partial charge is 0.370 e. The molecular formula is C49H85N13O8. The average molecular weight is 984 g/mol. The standard InChI is InChI=1S/C49H85N13O8/c1-32(2)28-39(45(67)56-36(31-63)18-14-24-54-49(52)53)59-46(68)40-21-15-26-62(40)48(70)38(20-10-12-23-50)58-44(66)37(57-47(69)43(33(3)4)60-42(65)30-55-41(64)29-51)19-11-13-25-61(34(5)6)27-22-35-16-8-7-9-17-35/h7-9,16-17,31-34,36-40,43H,10-15,18-30,50-51H2,1-6H3,(H,55,64)(H,56,67)(H,57,69)(H,58,66)(H,59,68)(H,60,65)(H4,52,53,54)/t36-,37-,38-,39-,40-,43-/m0/s1. The summed E-state index contributed by atoms with van der Waals surface area (Å²) >= 11 is 0. The Morgan fingerprint density at radius 2 is 1.41 bits per heavy atom. The molecule has 0 spiro atoms. The van der Waals surface area contributed by atoms with Crippen molar-refractivity contribution in [3.8, 4) is 0 Å². The van der Waals surface area contributed by atoms with Crippen LogP contribution in [0, 0.1) is 11.8 Å². The molecule has 0 aliphatic carbocycles. The summed E-state index contributed by atoms with van der Waals surface area (Å²) in [6.45, 7) is 13.2. The maximum absolute atomic E-state index is 14.6. The molecule has 14 N–H and O–H groups in total. The number of aliphatic imine (C=N–C) groups is 1. The van der Waals surface area contributed by atoms with Gasteiger partial charge >= 0.3 is 0 Å². The number of nitrogens with one attached hydrogen (secondary N) is 6. The minimum atomic E-state index is -1.11. The predicted molar refractivity (Wildman–Crippen MR) is 270 cm³/mol. The van der Waals surface area contributed by atoms with Gasteiger partial charge in [0.25, 0.3) is 0 Å². The van der Waals surface area contributed by atoms with E-state index in [9.17, 15) is 38.4 Å². The van der Waals surface area contributed by atoms with E-state index in [2.05, 4.69) is 67.8 Å². The van der Waals surface area contributed by atoms with E-state index in [1.165, 1.54) is 10.5 Å². The van der Waals surface area contributed by atoms with Crippen molar-refractivity contribution < 1.29 is 38.4 Å². The van der Waals surface area contributed by atoms with Crippen LogP contribution in [0.3, 0.4) is 0 Å². The van der Waals surface area contributed by atoms with E-state index in [1.54, 1.807) is 13.8 Å². The Balaban J connectivity index is 2.35. The summed E-state index contributed by atoms with van der Waals surface area (Å²) in [5.41, 5.74) is 23.2. The van der Waals surface area contributed by atoms with E-state index in [0.717, 1.165) is 19.5 Å². The molecule has 70 heavy (non-hydrogen) atoms. The van der Waals surface area contributed by atoms with Crippen molar-refractivity contribution in [1.82, 2.24) is 41.7 Å². The van der Waals surface area contributed by atoms with E-state index in [1.807, 2.05) is 32.0 Å². The van der Waals surface area contributed by atoms with Gasteiger partial charge in [0.1, 0.15) is 36.5 Å². The lowest BCUT2D eigenvalue weighted by Gasteiger charge is -2.31. The summed E-state index contributed by atoms with van der Waals surface area (Å²) < 4.78 is 0. The Labute approximate surface area is 414 Å². The molecular weight excluding hydrogens is 899 g/mol. The predicted octanol–water partition coefficient (Wildman–Crippen LogP) is -0.317. The van der Waals surface area contributed by atoms with Crippen LogP contribution < -0.4 is 54.8 Å². The molecule has 0 unspecified atom stereocenters. The van der Waals surface area contributed by atoms with Gasteiger partial charge in [-0.2, -0.15) is 0 Å². The van der Waals surface area contributed by atoms with Crippen LogP contribution in [0.2, 0.25) is 0 Å². The van der Waals surface area contributed by atoms with Crippen molar-refractivity contribution in [3.05, 3.63) is 35.9 Å². The number of guanidine groups is 1. The lowest BCUT2D eigenvalue weighted by Crippen LogP contribution is -2.59. The van der Waals surface area contributed by atoms with Crippen LogP contribution in [0.15, 0.2) is 35.3 Å². The van der Waals surface area contributed by atoms with E-state index in [0.29, 0.717) is 57.8 Å². The molecule has 2 rings (SSSR count). The Morgan fingerprint density at radius 1 is 0.757 bits per heavy atom. The van der Waals surface area contributed by atoms with Gasteiger partial charge in [-0.3, -0.25) is 38.6 Å². The molecule has 1 aromatic carbocycles. The van der Waals surface area contributed by atoms with E-state index < -0.39 is 90.1 Å². The number of carbonyl (C=O) groups is 8. The molecule has 0 bridgehead atoms. The third-order valence-corrected chi connectivity index (χ3v) is 12.2. The second-order valence-electron chi connectivity index (χ2n) is 19.1. The molecule has 21 heteroatoms. The zero-order valence-corrected chi connectivity index (χ0v) is 42.5. The van der Waals surface area contributed by atoms with Crippen LogP contribution >= 0.6 is 0 Å². The van der Waals surface area contributed by atoms with Crippen molar-refractivity contribution in [2.75, 3.05) is 45.8 Å². The summed E-state index contributed by atoms with van der Waals surface area (Å²) in [6.07, 6.45) is 5.96. The first-order chi connectivity index (χ1) is 33.3. The number of carbonyl (C=O) groups excluding carboxylic acids is 8. The van der Waals surface area contributed by atoms with Gasteiger partial charge in [0, 0.05) is 25.7 Å². The number of rotatable bonds is 34. The van der Waals surface area contributed by atoms with Gasteiger partial charge < -0.3 is 69.4 Å². The summed E-state index contributed by atoms with van der Waals surface area (Å²) in [4.78, 5) is 115. The normalized spacial score (nSPS) is 15.7. The summed E-state index contributed by atoms with van der Waals surface area (Å²) in [6, 6.07) is 4.41. The molecule has 394 valence electrons. The van der Waals surface area contributed by atoms with Gasteiger partial charge in [-0.15, -0.1) is 0 Å². The van der Waals surface area contributed by atoms with E-state index >= 15 is 0 Å². The van der Waals surface area contributed by atoms with Crippen molar-refractivity contribution >= 4 is 53.6 Å². The van der Waals surface area contributed by atoms with Gasteiger partial charge in [-0.1, -0.05) is 58.0 Å². The molecule has 0 radical (unpaired) electrons. The van der Waals surface area contributed by atoms with Gasteiger partial charge in [0.15, 0.2) is 5.96 Å². The highest BCUT2D eigenvalue weighted by Crippen LogP contribution is 2.21. The molecule has 1 aliphatic rings. The minimum absolute atomic E-state index is 0.0191. The van der Waals surface area contributed by atoms with Crippen molar-refractivity contribution in [3.63, 3.8) is 0 Å². The van der Waals surface area contributed by atoms with Crippen LogP contribution in [-0.4, -0.2) is 152 Å². The highest BCUT2D eigenvalue weighted by Gasteiger charge is 2.40. The van der Waals surface area contributed by atoms with Crippen LogP contribution in [0.1, 0.15) is 118 Å². The Hall–Kier alpha value is -5.67. The Bertz CT molecular complexity index is 1830. The lowest BCUT2D eigenvalue weighted by atomic mass is 10.0. The maximum Gasteiger partial charge on any atom is 0.245 e. The number of amides is 7. The van der Waals surface area contributed by atoms with Gasteiger partial charge in [-0.05, 0) is 121 Å². The molecule has 21 nitrogen and oxygen atoms in total. The Morgan fingerprint density at radius 3 is 2.03 bits per heavy atom. The van der Waals surface area contributed by atoms with Crippen molar-refractivity contribution in [2.24, 2.45) is 39.8 Å². The van der Waals surface area contributed by atoms with E-state index in [-0.39, 0.29) is 63.2 Å². The lowest BCUT2D eigenvalue weighted by molar-refractivity contribution is -0.142. The zero-order chi connectivity index (χ0) is 52.2. The maximum atomic E-state index is 14.6. The molecule has 1 aromatic rings. The molecule has 1 heterocycles. The fourth-order valence-corrected chi connectivity index (χ4v) is 8.22. The number of nitrogens with zero attached hydrogens (tertiary/aromatic N) is 3. The number of hydrogen-bond acceptors (Lipinski definition) is 12. The van der Waals surface area contributed by atoms with Gasteiger partial charge in [0.05, 0.1) is 19.1 Å². The molecule has 1 saturated heterocycles. The molecule has 0 aromatic heterocycles. The van der Waals surface area contributed by atoms with E-state index in [4.69, 9.17) is 22.9 Å². The zero-order valence-electron chi connectivity index (χ0n) is 42.5. The number of hydrogen-bond donors (Lipinski definition) is 10. The highest BCUT2D eigenvalue weighted by atomic mass is 16.2. The van der Waals surface area contributed by atoms with Crippen LogP contribution in [0.4, 0.5) is 0 Å². The molecule has 0 saturated carbocycles. The summed E-state index contributed by atoms with van der Waals surface area (Å²) in [5, 5.41) is 16.4. The molecule has 6 atom stereocenters. The molecule has 1 aliphatic heterocycles. The second kappa shape index (κ2) is 33.0. The monoisotopic (exact) mass is 984 g/mol. The van der Waals surface area contributed by atoms with Gasteiger partial charge in [-0.25, -0.2) is 0 Å². The van der Waals surface area contributed by atoms with Crippen LogP contribution in [0.5, 0.6) is 0 Å². The smallest absolute Gasteiger partial charge is 0.245 e. The fraction of sp³-hybridized carbons (Fsp3) is 0.694. The van der Waals surface area contributed by atoms with Crippen LogP contribution in [-0.2, 0) is 44.8 Å². The average Bonchev–Trinajstić information content (AvgIpc) is 3.82. The second-order valence-corrected chi connectivity index (χ2v) is 19.1. The third kappa shape index (κ3) is 22.8. The highest BCUT2D eigenvalue weighted by molar-refractivity contribution is 5.97. The fourth-order valence-electron chi connectivity index (χ4n) is 8.22. The number of benzene rings is 1. The quantitative estimate of drug-likeness (QED) is 0.0184. The SMILES string of the molecule is CC(C)C[C@H](NC(=O)[C@@H]1CCCN1C(=O)[C@H](CCCCN)NC(=O)[C@H](CCCCN(CCc1ccccc1)C(C)C)NC(=O)[C@@H](NC(=O)CNC(=O)CN)C(C)C)C(=O)N[C@H](C=O)CCCN=C(N)N. The molecule has 7 amide bonds. The minimum Gasteiger partial charge on any atom is -0.370 e. The third-order valence-electron chi connectivity index (χ3n) is 12.2. The van der Waals surface area contributed by atoms with Crippen molar-refractivity contribution in [2.45, 2.75) is 161 Å². The first kappa shape index (κ1) is 60.5. The molecule has 1 fully saturated rings. The summed E-state index contributed by atoms with van der Waals surface area (Å²) in [7, 11) is 0. The van der Waals surface area contributed by atoms with Crippen molar-refractivity contribution in [1.29, 1.82) is 0 Å². The Kier molecular flexibility index (Phi) is 28.5. The van der Waals surface area contributed by atoms with Crippen LogP contribution in [0.25, 0.3) is 0 Å². The number of likely N-dealkylation sites (tertiary alicyclic amines) is 1.